The van der Waals surface area contributed by atoms with Crippen molar-refractivity contribution in [3.63, 3.8) is 0 Å². The van der Waals surface area contributed by atoms with Crippen LogP contribution >= 0.6 is 0 Å². The molecular weight excluding hydrogens is 290 g/mol. The number of rotatable bonds is 8. The summed E-state index contributed by atoms with van der Waals surface area (Å²) in [6.07, 6.45) is 0. The van der Waals surface area contributed by atoms with Crippen molar-refractivity contribution in [2.75, 3.05) is 44.4 Å². The Morgan fingerprint density at radius 2 is 1.96 bits per heavy atom. The summed E-state index contributed by atoms with van der Waals surface area (Å²) in [6, 6.07) is 9.72. The quantitative estimate of drug-likeness (QED) is 0.781. The Bertz CT molecular complexity index is 630. The van der Waals surface area contributed by atoms with E-state index in [1.54, 1.807) is 0 Å². The van der Waals surface area contributed by atoms with E-state index in [-0.39, 0.29) is 0 Å². The third kappa shape index (κ3) is 5.41. The fourth-order valence-electron chi connectivity index (χ4n) is 2.09. The van der Waals surface area contributed by atoms with Gasteiger partial charge in [0.2, 0.25) is 5.95 Å². The molecule has 2 aromatic rings. The molecule has 1 aromatic carbocycles. The minimum absolute atomic E-state index is 0.560. The van der Waals surface area contributed by atoms with E-state index >= 15 is 0 Å². The first kappa shape index (κ1) is 17.0. The predicted molar refractivity (Wildman–Crippen MR) is 94.7 cm³/mol. The van der Waals surface area contributed by atoms with Crippen molar-refractivity contribution < 1.29 is 4.74 Å². The van der Waals surface area contributed by atoms with Gasteiger partial charge in [0.15, 0.2) is 0 Å². The molecule has 0 radical (unpaired) electrons. The fraction of sp³-hybridized carbons (Fsp3) is 0.412. The van der Waals surface area contributed by atoms with Crippen LogP contribution in [-0.2, 0) is 0 Å². The van der Waals surface area contributed by atoms with Gasteiger partial charge in [-0.1, -0.05) is 12.1 Å². The minimum Gasteiger partial charge on any atom is -0.492 e. The molecule has 23 heavy (non-hydrogen) atoms. The zero-order valence-electron chi connectivity index (χ0n) is 14.3. The number of ether oxygens (including phenoxy) is 1. The number of nitrogens with one attached hydrogen (secondary N) is 2. The SMILES string of the molecule is CCOc1ccccc1Nc1nc(C)cc(NCCN(C)C)n1. The Balaban J connectivity index is 2.12. The lowest BCUT2D eigenvalue weighted by Gasteiger charge is -2.14. The summed E-state index contributed by atoms with van der Waals surface area (Å²) in [7, 11) is 4.09. The van der Waals surface area contributed by atoms with Gasteiger partial charge in [0.25, 0.3) is 0 Å². The molecule has 0 saturated heterocycles. The number of aryl methyl sites for hydroxylation is 1. The van der Waals surface area contributed by atoms with E-state index in [1.807, 2.05) is 58.3 Å². The Morgan fingerprint density at radius 3 is 2.70 bits per heavy atom. The molecule has 0 bridgehead atoms. The van der Waals surface area contributed by atoms with Gasteiger partial charge in [-0.25, -0.2) is 4.98 Å². The second-order valence-corrected chi connectivity index (χ2v) is 5.50. The molecule has 0 unspecified atom stereocenters. The summed E-state index contributed by atoms with van der Waals surface area (Å²) in [4.78, 5) is 11.1. The highest BCUT2D eigenvalue weighted by atomic mass is 16.5. The van der Waals surface area contributed by atoms with E-state index in [9.17, 15) is 0 Å². The summed E-state index contributed by atoms with van der Waals surface area (Å²) in [5, 5.41) is 6.56. The topological polar surface area (TPSA) is 62.3 Å². The number of para-hydroxylation sites is 2. The molecule has 0 aliphatic heterocycles. The number of aromatic nitrogens is 2. The molecule has 0 atom stereocenters. The third-order valence-corrected chi connectivity index (χ3v) is 3.15. The van der Waals surface area contributed by atoms with Crippen LogP contribution in [0.25, 0.3) is 0 Å². The number of likely N-dealkylation sites (N-methyl/N-ethyl adjacent to an activating group) is 1. The van der Waals surface area contributed by atoms with E-state index in [0.717, 1.165) is 36.0 Å². The Morgan fingerprint density at radius 1 is 1.17 bits per heavy atom. The summed E-state index contributed by atoms with van der Waals surface area (Å²) in [6.45, 7) is 6.31. The summed E-state index contributed by atoms with van der Waals surface area (Å²) in [5.74, 6) is 2.17. The second kappa shape index (κ2) is 8.33. The molecule has 0 fully saturated rings. The molecule has 1 heterocycles. The van der Waals surface area contributed by atoms with Crippen molar-refractivity contribution in [3.05, 3.63) is 36.0 Å². The molecular formula is C17H25N5O. The zero-order chi connectivity index (χ0) is 16.7. The van der Waals surface area contributed by atoms with E-state index in [4.69, 9.17) is 4.74 Å². The monoisotopic (exact) mass is 315 g/mol. The van der Waals surface area contributed by atoms with Gasteiger partial charge in [-0.05, 0) is 40.1 Å². The fourth-order valence-corrected chi connectivity index (χ4v) is 2.09. The number of benzene rings is 1. The second-order valence-electron chi connectivity index (χ2n) is 5.50. The van der Waals surface area contributed by atoms with Crippen LogP contribution in [-0.4, -0.2) is 48.7 Å². The maximum Gasteiger partial charge on any atom is 0.229 e. The molecule has 0 aliphatic carbocycles. The van der Waals surface area contributed by atoms with Crippen LogP contribution in [0.5, 0.6) is 5.75 Å². The molecule has 0 saturated carbocycles. The molecule has 6 nitrogen and oxygen atoms in total. The summed E-state index contributed by atoms with van der Waals surface area (Å²) < 4.78 is 5.62. The normalized spacial score (nSPS) is 10.7. The number of nitrogens with zero attached hydrogens (tertiary/aromatic N) is 3. The van der Waals surface area contributed by atoms with Gasteiger partial charge in [0, 0.05) is 24.8 Å². The average Bonchev–Trinajstić information content (AvgIpc) is 2.48. The number of hydrogen-bond acceptors (Lipinski definition) is 6. The molecule has 2 N–H and O–H groups in total. The van der Waals surface area contributed by atoms with Crippen LogP contribution in [0.1, 0.15) is 12.6 Å². The van der Waals surface area contributed by atoms with Gasteiger partial charge >= 0.3 is 0 Å². The zero-order valence-corrected chi connectivity index (χ0v) is 14.3. The predicted octanol–water partition coefficient (Wildman–Crippen LogP) is 2.90. The van der Waals surface area contributed by atoms with Gasteiger partial charge in [0.1, 0.15) is 11.6 Å². The van der Waals surface area contributed by atoms with Crippen LogP contribution in [0.2, 0.25) is 0 Å². The van der Waals surface area contributed by atoms with Crippen LogP contribution < -0.4 is 15.4 Å². The maximum atomic E-state index is 5.62. The lowest BCUT2D eigenvalue weighted by Crippen LogP contribution is -2.21. The first-order chi connectivity index (χ1) is 11.1. The first-order valence-electron chi connectivity index (χ1n) is 7.81. The molecule has 0 amide bonds. The molecule has 0 spiro atoms. The first-order valence-corrected chi connectivity index (χ1v) is 7.81. The Hall–Kier alpha value is -2.34. The lowest BCUT2D eigenvalue weighted by molar-refractivity contribution is 0.342. The van der Waals surface area contributed by atoms with Crippen molar-refractivity contribution >= 4 is 17.5 Å². The minimum atomic E-state index is 0.560. The van der Waals surface area contributed by atoms with Crippen LogP contribution in [0.4, 0.5) is 17.5 Å². The summed E-state index contributed by atoms with van der Waals surface area (Å²) >= 11 is 0. The molecule has 1 aromatic heterocycles. The van der Waals surface area contributed by atoms with Gasteiger partial charge in [0.05, 0.1) is 12.3 Å². The average molecular weight is 315 g/mol. The molecule has 0 aliphatic rings. The highest BCUT2D eigenvalue weighted by Gasteiger charge is 2.07. The van der Waals surface area contributed by atoms with Crippen molar-refractivity contribution in [2.45, 2.75) is 13.8 Å². The lowest BCUT2D eigenvalue weighted by atomic mass is 10.3. The molecule has 2 rings (SSSR count). The smallest absolute Gasteiger partial charge is 0.229 e. The van der Waals surface area contributed by atoms with Crippen molar-refractivity contribution in [1.82, 2.24) is 14.9 Å². The van der Waals surface area contributed by atoms with Gasteiger partial charge in [-0.3, -0.25) is 0 Å². The Labute approximate surface area is 137 Å². The highest BCUT2D eigenvalue weighted by molar-refractivity contribution is 5.63. The van der Waals surface area contributed by atoms with E-state index in [2.05, 4.69) is 25.5 Å². The molecule has 124 valence electrons. The molecule has 6 heteroatoms. The van der Waals surface area contributed by atoms with E-state index < -0.39 is 0 Å². The third-order valence-electron chi connectivity index (χ3n) is 3.15. The summed E-state index contributed by atoms with van der Waals surface area (Å²) in [5.41, 5.74) is 1.77. The van der Waals surface area contributed by atoms with Crippen molar-refractivity contribution in [3.8, 4) is 5.75 Å². The van der Waals surface area contributed by atoms with Gasteiger partial charge in [-0.15, -0.1) is 0 Å². The van der Waals surface area contributed by atoms with Crippen LogP contribution in [0.3, 0.4) is 0 Å². The number of hydrogen-bond donors (Lipinski definition) is 2. The van der Waals surface area contributed by atoms with Gasteiger partial charge in [-0.2, -0.15) is 4.98 Å². The van der Waals surface area contributed by atoms with Crippen molar-refractivity contribution in [1.29, 1.82) is 0 Å². The number of anilines is 3. The van der Waals surface area contributed by atoms with Gasteiger partial charge < -0.3 is 20.3 Å². The Kier molecular flexibility index (Phi) is 6.17. The maximum absolute atomic E-state index is 5.62. The standard InChI is InChI=1S/C17H25N5O/c1-5-23-15-9-7-6-8-14(15)20-17-19-13(2)12-16(21-17)18-10-11-22(3)4/h6-9,12H,5,10-11H2,1-4H3,(H2,18,19,20,21). The van der Waals surface area contributed by atoms with E-state index in [0.29, 0.717) is 12.6 Å². The van der Waals surface area contributed by atoms with Crippen LogP contribution in [0, 0.1) is 6.92 Å². The highest BCUT2D eigenvalue weighted by Crippen LogP contribution is 2.26. The van der Waals surface area contributed by atoms with Crippen molar-refractivity contribution in [2.24, 2.45) is 0 Å². The van der Waals surface area contributed by atoms with Crippen LogP contribution in [0.15, 0.2) is 30.3 Å². The largest absolute Gasteiger partial charge is 0.492 e. The van der Waals surface area contributed by atoms with E-state index in [1.165, 1.54) is 0 Å².